The fourth-order valence-corrected chi connectivity index (χ4v) is 2.96. The summed E-state index contributed by atoms with van der Waals surface area (Å²) >= 11 is 0. The second-order valence-electron chi connectivity index (χ2n) is 6.23. The van der Waals surface area contributed by atoms with Gasteiger partial charge in [0.2, 0.25) is 0 Å². The topological polar surface area (TPSA) is 125 Å². The standard InChI is InChI=1S/C19H23N3O4/c20-16(11-22(21)19-18(25)17(24)9-10-26-19)15-4-2-1-3-14(15)12-5-7-13(23)8-6-12/h1-8,11,17-19,23-25H,9-10,20-21H2/b16-11-. The summed E-state index contributed by atoms with van der Waals surface area (Å²) in [4.78, 5) is 0. The third kappa shape index (κ3) is 3.81. The van der Waals surface area contributed by atoms with E-state index < -0.39 is 18.4 Å². The van der Waals surface area contributed by atoms with Gasteiger partial charge in [-0.2, -0.15) is 0 Å². The van der Waals surface area contributed by atoms with Crippen LogP contribution in [0, 0.1) is 0 Å². The smallest absolute Gasteiger partial charge is 0.171 e. The van der Waals surface area contributed by atoms with E-state index >= 15 is 0 Å². The first kappa shape index (κ1) is 18.2. The number of rotatable bonds is 4. The molecular formula is C19H23N3O4. The number of aliphatic hydroxyl groups is 2. The summed E-state index contributed by atoms with van der Waals surface area (Å²) in [5, 5.41) is 30.5. The minimum Gasteiger partial charge on any atom is -0.508 e. The van der Waals surface area contributed by atoms with Crippen molar-refractivity contribution in [2.45, 2.75) is 24.9 Å². The summed E-state index contributed by atoms with van der Waals surface area (Å²) in [5.41, 5.74) is 9.14. The quantitative estimate of drug-likeness (QED) is 0.408. The lowest BCUT2D eigenvalue weighted by Crippen LogP contribution is -2.54. The van der Waals surface area contributed by atoms with Crippen LogP contribution in [0.25, 0.3) is 16.8 Å². The highest BCUT2D eigenvalue weighted by atomic mass is 16.5. The summed E-state index contributed by atoms with van der Waals surface area (Å²) < 4.78 is 5.45. The molecule has 3 atom stereocenters. The zero-order valence-electron chi connectivity index (χ0n) is 14.2. The third-order valence-electron chi connectivity index (χ3n) is 4.39. The highest BCUT2D eigenvalue weighted by Gasteiger charge is 2.34. The Labute approximate surface area is 151 Å². The Hall–Kier alpha value is -2.58. The maximum Gasteiger partial charge on any atom is 0.171 e. The minimum absolute atomic E-state index is 0.185. The van der Waals surface area contributed by atoms with Crippen molar-refractivity contribution in [3.05, 3.63) is 60.3 Å². The lowest BCUT2D eigenvalue weighted by atomic mass is 9.98. The molecule has 1 aliphatic heterocycles. The van der Waals surface area contributed by atoms with E-state index in [2.05, 4.69) is 0 Å². The van der Waals surface area contributed by atoms with Crippen LogP contribution in [0.4, 0.5) is 0 Å². The van der Waals surface area contributed by atoms with Crippen LogP contribution in [0.2, 0.25) is 0 Å². The van der Waals surface area contributed by atoms with Crippen molar-refractivity contribution < 1.29 is 20.1 Å². The number of hydrazine groups is 1. The van der Waals surface area contributed by atoms with Crippen molar-refractivity contribution in [3.63, 3.8) is 0 Å². The Morgan fingerprint density at radius 2 is 1.81 bits per heavy atom. The maximum atomic E-state index is 10.1. The lowest BCUT2D eigenvalue weighted by Gasteiger charge is -2.36. The van der Waals surface area contributed by atoms with Gasteiger partial charge in [-0.25, -0.2) is 5.84 Å². The molecule has 1 fully saturated rings. The fraction of sp³-hybridized carbons (Fsp3) is 0.263. The predicted molar refractivity (Wildman–Crippen MR) is 98.1 cm³/mol. The molecule has 3 unspecified atom stereocenters. The van der Waals surface area contributed by atoms with Gasteiger partial charge in [0.1, 0.15) is 11.9 Å². The normalized spacial score (nSPS) is 23.7. The largest absolute Gasteiger partial charge is 0.508 e. The van der Waals surface area contributed by atoms with Crippen LogP contribution >= 0.6 is 0 Å². The number of nitrogens with zero attached hydrogens (tertiary/aromatic N) is 1. The summed E-state index contributed by atoms with van der Waals surface area (Å²) in [5.74, 6) is 6.18. The monoisotopic (exact) mass is 357 g/mol. The molecule has 2 aromatic carbocycles. The highest BCUT2D eigenvalue weighted by molar-refractivity contribution is 5.80. The second-order valence-corrected chi connectivity index (χ2v) is 6.23. The number of hydrogen-bond donors (Lipinski definition) is 5. The highest BCUT2D eigenvalue weighted by Crippen LogP contribution is 2.28. The zero-order valence-corrected chi connectivity index (χ0v) is 14.2. The van der Waals surface area contributed by atoms with Gasteiger partial charge in [-0.1, -0.05) is 36.4 Å². The van der Waals surface area contributed by atoms with E-state index in [0.717, 1.165) is 16.7 Å². The van der Waals surface area contributed by atoms with Gasteiger partial charge in [-0.15, -0.1) is 0 Å². The van der Waals surface area contributed by atoms with Crippen molar-refractivity contribution in [1.82, 2.24) is 5.01 Å². The number of hydrogen-bond acceptors (Lipinski definition) is 7. The molecule has 7 heteroatoms. The van der Waals surface area contributed by atoms with E-state index in [-0.39, 0.29) is 5.75 Å². The number of aromatic hydroxyl groups is 1. The SMILES string of the molecule is N/C(=C\N(N)C1OCCC(O)C1O)c1ccccc1-c1ccc(O)cc1. The van der Waals surface area contributed by atoms with Crippen LogP contribution in [0.5, 0.6) is 5.75 Å². The number of nitrogens with two attached hydrogens (primary N) is 2. The van der Waals surface area contributed by atoms with Gasteiger partial charge < -0.3 is 25.8 Å². The Morgan fingerprint density at radius 1 is 1.12 bits per heavy atom. The maximum absolute atomic E-state index is 10.1. The molecule has 7 N–H and O–H groups in total. The van der Waals surface area contributed by atoms with Crippen molar-refractivity contribution in [2.24, 2.45) is 11.6 Å². The number of ether oxygens (including phenoxy) is 1. The number of aliphatic hydroxyl groups excluding tert-OH is 2. The third-order valence-corrected chi connectivity index (χ3v) is 4.39. The number of benzene rings is 2. The molecule has 26 heavy (non-hydrogen) atoms. The number of phenols is 1. The summed E-state index contributed by atoms with van der Waals surface area (Å²) in [6.45, 7) is 0.300. The fourth-order valence-electron chi connectivity index (χ4n) is 2.96. The minimum atomic E-state index is -1.12. The Kier molecular flexibility index (Phi) is 5.43. The zero-order chi connectivity index (χ0) is 18.7. The van der Waals surface area contributed by atoms with Gasteiger partial charge in [-0.05, 0) is 29.7 Å². The Bertz CT molecular complexity index is 779. The molecule has 0 aromatic heterocycles. The molecule has 1 aliphatic rings. The second kappa shape index (κ2) is 7.76. The van der Waals surface area contributed by atoms with Crippen LogP contribution in [-0.4, -0.2) is 45.4 Å². The summed E-state index contributed by atoms with van der Waals surface area (Å²) in [7, 11) is 0. The van der Waals surface area contributed by atoms with Crippen molar-refractivity contribution in [3.8, 4) is 16.9 Å². The number of phenolic OH excluding ortho intramolecular Hbond substituents is 1. The predicted octanol–water partition coefficient (Wildman–Crippen LogP) is 0.960. The van der Waals surface area contributed by atoms with Gasteiger partial charge in [0, 0.05) is 11.8 Å². The average molecular weight is 357 g/mol. The van der Waals surface area contributed by atoms with E-state index in [0.29, 0.717) is 18.7 Å². The lowest BCUT2D eigenvalue weighted by molar-refractivity contribution is -0.181. The van der Waals surface area contributed by atoms with Crippen LogP contribution in [0.3, 0.4) is 0 Å². The molecule has 0 spiro atoms. The molecule has 7 nitrogen and oxygen atoms in total. The molecule has 1 saturated heterocycles. The van der Waals surface area contributed by atoms with E-state index in [1.54, 1.807) is 24.3 Å². The first-order valence-electron chi connectivity index (χ1n) is 8.34. The van der Waals surface area contributed by atoms with Gasteiger partial charge in [0.25, 0.3) is 0 Å². The van der Waals surface area contributed by atoms with E-state index in [4.69, 9.17) is 16.3 Å². The molecule has 3 rings (SSSR count). The van der Waals surface area contributed by atoms with Crippen molar-refractivity contribution in [1.29, 1.82) is 0 Å². The van der Waals surface area contributed by atoms with Crippen LogP contribution < -0.4 is 11.6 Å². The van der Waals surface area contributed by atoms with E-state index in [1.807, 2.05) is 24.3 Å². The van der Waals surface area contributed by atoms with Gasteiger partial charge in [0.05, 0.1) is 18.4 Å². The molecule has 2 aromatic rings. The van der Waals surface area contributed by atoms with E-state index in [1.165, 1.54) is 11.2 Å². The van der Waals surface area contributed by atoms with Gasteiger partial charge >= 0.3 is 0 Å². The van der Waals surface area contributed by atoms with E-state index in [9.17, 15) is 15.3 Å². The van der Waals surface area contributed by atoms with Crippen LogP contribution in [0.15, 0.2) is 54.7 Å². The molecule has 0 saturated carbocycles. The Morgan fingerprint density at radius 3 is 2.54 bits per heavy atom. The van der Waals surface area contributed by atoms with Crippen molar-refractivity contribution in [2.75, 3.05) is 6.61 Å². The van der Waals surface area contributed by atoms with Crippen molar-refractivity contribution >= 4 is 5.70 Å². The molecule has 138 valence electrons. The first-order chi connectivity index (χ1) is 12.5. The molecular weight excluding hydrogens is 334 g/mol. The molecule has 0 amide bonds. The first-order valence-corrected chi connectivity index (χ1v) is 8.34. The summed E-state index contributed by atoms with van der Waals surface area (Å²) in [6, 6.07) is 14.3. The summed E-state index contributed by atoms with van der Waals surface area (Å²) in [6.07, 6.45) is -1.05. The van der Waals surface area contributed by atoms with Gasteiger partial charge in [-0.3, -0.25) is 5.01 Å². The van der Waals surface area contributed by atoms with Gasteiger partial charge in [0.15, 0.2) is 6.23 Å². The Balaban J connectivity index is 1.89. The van der Waals surface area contributed by atoms with Crippen LogP contribution in [0.1, 0.15) is 12.0 Å². The molecule has 1 heterocycles. The molecule has 0 aliphatic carbocycles. The van der Waals surface area contributed by atoms with Crippen LogP contribution in [-0.2, 0) is 4.74 Å². The molecule has 0 bridgehead atoms. The molecule has 0 radical (unpaired) electrons. The average Bonchev–Trinajstić information content (AvgIpc) is 2.64.